The lowest BCUT2D eigenvalue weighted by Crippen LogP contribution is -2.36. The Morgan fingerprint density at radius 3 is 2.70 bits per heavy atom. The fourth-order valence-electron chi connectivity index (χ4n) is 2.74. The van der Waals surface area contributed by atoms with Gasteiger partial charge in [-0.25, -0.2) is 5.43 Å². The van der Waals surface area contributed by atoms with Gasteiger partial charge in [-0.15, -0.1) is 0 Å². The number of nitrogens with one attached hydrogen (secondary N) is 1. The van der Waals surface area contributed by atoms with Crippen LogP contribution in [0.15, 0.2) is 47.6 Å². The van der Waals surface area contributed by atoms with Gasteiger partial charge >= 0.3 is 0 Å². The third kappa shape index (κ3) is 4.39. The van der Waals surface area contributed by atoms with E-state index in [1.54, 1.807) is 18.2 Å². The number of hydrazone groups is 1. The Labute approximate surface area is 155 Å². The van der Waals surface area contributed by atoms with E-state index in [9.17, 15) is 20.0 Å². The van der Waals surface area contributed by atoms with Gasteiger partial charge in [0.15, 0.2) is 0 Å². The maximum Gasteiger partial charge on any atom is 0.275 e. The van der Waals surface area contributed by atoms with Crippen LogP contribution in [-0.2, 0) is 4.74 Å². The quantitative estimate of drug-likeness (QED) is 0.472. The number of rotatable bonds is 5. The van der Waals surface area contributed by atoms with Gasteiger partial charge < -0.3 is 14.7 Å². The standard InChI is InChI=1S/C18H18N4O5/c23-17-4-2-1-3-15(17)18(24)20-19-12-13-11-14(22(25)26)5-6-16(13)21-7-9-27-10-8-21/h1-6,11-12,23H,7-10H2,(H,20,24)/b19-12-. The van der Waals surface area contributed by atoms with Crippen LogP contribution < -0.4 is 10.3 Å². The van der Waals surface area contributed by atoms with E-state index < -0.39 is 10.8 Å². The molecule has 0 saturated carbocycles. The Morgan fingerprint density at radius 1 is 1.26 bits per heavy atom. The van der Waals surface area contributed by atoms with Crippen LogP contribution in [-0.4, -0.2) is 48.5 Å². The second-order valence-corrected chi connectivity index (χ2v) is 5.82. The highest BCUT2D eigenvalue weighted by atomic mass is 16.6. The van der Waals surface area contributed by atoms with Gasteiger partial charge in [-0.2, -0.15) is 5.10 Å². The lowest BCUT2D eigenvalue weighted by atomic mass is 10.1. The molecule has 2 aromatic rings. The number of phenols is 1. The summed E-state index contributed by atoms with van der Waals surface area (Å²) < 4.78 is 5.33. The number of benzene rings is 2. The van der Waals surface area contributed by atoms with Gasteiger partial charge in [-0.1, -0.05) is 12.1 Å². The third-order valence-electron chi connectivity index (χ3n) is 4.09. The largest absolute Gasteiger partial charge is 0.507 e. The summed E-state index contributed by atoms with van der Waals surface area (Å²) in [6.45, 7) is 2.45. The third-order valence-corrected chi connectivity index (χ3v) is 4.09. The van der Waals surface area contributed by atoms with Crippen molar-refractivity contribution < 1.29 is 19.6 Å². The van der Waals surface area contributed by atoms with E-state index in [-0.39, 0.29) is 17.0 Å². The molecular formula is C18H18N4O5. The first-order chi connectivity index (χ1) is 13.1. The summed E-state index contributed by atoms with van der Waals surface area (Å²) in [7, 11) is 0. The molecule has 0 atom stereocenters. The predicted octanol–water partition coefficient (Wildman–Crippen LogP) is 1.90. The zero-order valence-electron chi connectivity index (χ0n) is 14.4. The number of nitro groups is 1. The zero-order chi connectivity index (χ0) is 19.2. The average molecular weight is 370 g/mol. The Balaban J connectivity index is 1.82. The van der Waals surface area contributed by atoms with E-state index >= 15 is 0 Å². The molecule has 1 saturated heterocycles. The molecule has 0 aromatic heterocycles. The number of morpholine rings is 1. The zero-order valence-corrected chi connectivity index (χ0v) is 14.4. The number of para-hydroxylation sites is 1. The summed E-state index contributed by atoms with van der Waals surface area (Å²) in [5.41, 5.74) is 3.61. The molecule has 27 heavy (non-hydrogen) atoms. The van der Waals surface area contributed by atoms with Crippen molar-refractivity contribution in [2.75, 3.05) is 31.2 Å². The van der Waals surface area contributed by atoms with Crippen molar-refractivity contribution in [1.82, 2.24) is 5.43 Å². The van der Waals surface area contributed by atoms with Crippen molar-refractivity contribution in [2.24, 2.45) is 5.10 Å². The van der Waals surface area contributed by atoms with Gasteiger partial charge in [-0.05, 0) is 18.2 Å². The maximum atomic E-state index is 12.1. The summed E-state index contributed by atoms with van der Waals surface area (Å²) in [5.74, 6) is -0.739. The molecule has 0 radical (unpaired) electrons. The molecule has 1 heterocycles. The van der Waals surface area contributed by atoms with E-state index in [0.29, 0.717) is 31.9 Å². The van der Waals surface area contributed by atoms with Gasteiger partial charge in [0, 0.05) is 36.5 Å². The Bertz CT molecular complexity index is 878. The Morgan fingerprint density at radius 2 is 2.00 bits per heavy atom. The van der Waals surface area contributed by atoms with Crippen molar-refractivity contribution in [3.8, 4) is 5.75 Å². The summed E-state index contributed by atoms with van der Waals surface area (Å²) in [4.78, 5) is 24.7. The van der Waals surface area contributed by atoms with Gasteiger partial charge in [0.2, 0.25) is 0 Å². The summed E-state index contributed by atoms with van der Waals surface area (Å²) in [5, 5.41) is 24.7. The van der Waals surface area contributed by atoms with Crippen molar-refractivity contribution >= 4 is 23.5 Å². The first kappa shape index (κ1) is 18.3. The number of ether oxygens (including phenoxy) is 1. The SMILES string of the molecule is O=C(N/N=C\c1cc([N+](=O)[O-])ccc1N1CCOCC1)c1ccccc1O. The number of aromatic hydroxyl groups is 1. The fraction of sp³-hybridized carbons (Fsp3) is 0.222. The van der Waals surface area contributed by atoms with E-state index in [0.717, 1.165) is 5.69 Å². The summed E-state index contributed by atoms with van der Waals surface area (Å²) in [6.07, 6.45) is 1.36. The predicted molar refractivity (Wildman–Crippen MR) is 99.3 cm³/mol. The first-order valence-electron chi connectivity index (χ1n) is 8.29. The van der Waals surface area contributed by atoms with Gasteiger partial charge in [0.1, 0.15) is 5.75 Å². The van der Waals surface area contributed by atoms with Gasteiger partial charge in [-0.3, -0.25) is 14.9 Å². The van der Waals surface area contributed by atoms with Crippen LogP contribution in [0.25, 0.3) is 0 Å². The van der Waals surface area contributed by atoms with Crippen molar-refractivity contribution in [3.05, 3.63) is 63.7 Å². The molecule has 9 nitrogen and oxygen atoms in total. The molecule has 9 heteroatoms. The van der Waals surface area contributed by atoms with Crippen LogP contribution in [0.1, 0.15) is 15.9 Å². The molecule has 1 fully saturated rings. The second kappa shape index (κ2) is 8.28. The van der Waals surface area contributed by atoms with Crippen molar-refractivity contribution in [3.63, 3.8) is 0 Å². The molecular weight excluding hydrogens is 352 g/mol. The Hall–Kier alpha value is -3.46. The minimum absolute atomic E-state index is 0.0690. The van der Waals surface area contributed by atoms with Gasteiger partial charge in [0.05, 0.1) is 29.9 Å². The number of carbonyl (C=O) groups excluding carboxylic acids is 1. The highest BCUT2D eigenvalue weighted by molar-refractivity contribution is 5.97. The molecule has 140 valence electrons. The van der Waals surface area contributed by atoms with E-state index in [4.69, 9.17) is 4.74 Å². The van der Waals surface area contributed by atoms with E-state index in [2.05, 4.69) is 10.5 Å². The minimum Gasteiger partial charge on any atom is -0.507 e. The summed E-state index contributed by atoms with van der Waals surface area (Å²) in [6, 6.07) is 10.6. The van der Waals surface area contributed by atoms with Crippen LogP contribution >= 0.6 is 0 Å². The second-order valence-electron chi connectivity index (χ2n) is 5.82. The molecule has 3 rings (SSSR count). The molecule has 0 unspecified atom stereocenters. The maximum absolute atomic E-state index is 12.1. The number of nitrogens with zero attached hydrogens (tertiary/aromatic N) is 3. The van der Waals surface area contributed by atoms with Crippen LogP contribution in [0.4, 0.5) is 11.4 Å². The van der Waals surface area contributed by atoms with E-state index in [1.165, 1.54) is 30.5 Å². The van der Waals surface area contributed by atoms with E-state index in [1.807, 2.05) is 4.90 Å². The molecule has 0 spiro atoms. The number of phenolic OH excluding ortho intramolecular Hbond substituents is 1. The molecule has 2 aromatic carbocycles. The monoisotopic (exact) mass is 370 g/mol. The molecule has 2 N–H and O–H groups in total. The smallest absolute Gasteiger partial charge is 0.275 e. The van der Waals surface area contributed by atoms with Crippen molar-refractivity contribution in [2.45, 2.75) is 0 Å². The highest BCUT2D eigenvalue weighted by Gasteiger charge is 2.17. The topological polar surface area (TPSA) is 117 Å². The number of hydrogen-bond donors (Lipinski definition) is 2. The van der Waals surface area contributed by atoms with Crippen molar-refractivity contribution in [1.29, 1.82) is 0 Å². The number of non-ortho nitro benzene ring substituents is 1. The number of carbonyl (C=O) groups is 1. The van der Waals surface area contributed by atoms with Crippen LogP contribution in [0.5, 0.6) is 5.75 Å². The highest BCUT2D eigenvalue weighted by Crippen LogP contribution is 2.25. The molecule has 1 aliphatic rings. The Kier molecular flexibility index (Phi) is 5.62. The average Bonchev–Trinajstić information content (AvgIpc) is 2.68. The first-order valence-corrected chi connectivity index (χ1v) is 8.29. The normalized spacial score (nSPS) is 14.3. The van der Waals surface area contributed by atoms with Crippen LogP contribution in [0, 0.1) is 10.1 Å². The number of nitro benzene ring substituents is 1. The fourth-order valence-corrected chi connectivity index (χ4v) is 2.74. The number of amides is 1. The lowest BCUT2D eigenvalue weighted by molar-refractivity contribution is -0.384. The molecule has 1 amide bonds. The molecule has 1 aliphatic heterocycles. The van der Waals surface area contributed by atoms with Crippen LogP contribution in [0.2, 0.25) is 0 Å². The number of hydrogen-bond acceptors (Lipinski definition) is 7. The van der Waals surface area contributed by atoms with Gasteiger partial charge in [0.25, 0.3) is 11.6 Å². The minimum atomic E-state index is -0.581. The summed E-state index contributed by atoms with van der Waals surface area (Å²) >= 11 is 0. The van der Waals surface area contributed by atoms with Crippen LogP contribution in [0.3, 0.4) is 0 Å². The lowest BCUT2D eigenvalue weighted by Gasteiger charge is -2.29. The molecule has 0 bridgehead atoms. The number of anilines is 1. The molecule has 0 aliphatic carbocycles.